The van der Waals surface area contributed by atoms with Crippen LogP contribution in [-0.4, -0.2) is 19.0 Å². The molecule has 0 radical (unpaired) electrons. The van der Waals surface area contributed by atoms with Gasteiger partial charge in [-0.25, -0.2) is 0 Å². The lowest BCUT2D eigenvalue weighted by Crippen LogP contribution is -2.47. The summed E-state index contributed by atoms with van der Waals surface area (Å²) < 4.78 is 0. The van der Waals surface area contributed by atoms with Crippen LogP contribution in [0.4, 0.5) is 0 Å². The van der Waals surface area contributed by atoms with E-state index in [0.29, 0.717) is 10.9 Å². The second-order valence-electron chi connectivity index (χ2n) is 6.52. The molecule has 1 aromatic carbocycles. The zero-order chi connectivity index (χ0) is 15.5. The maximum Gasteiger partial charge on any atom is 0.226 e. The Labute approximate surface area is 132 Å². The molecule has 0 aromatic heterocycles. The van der Waals surface area contributed by atoms with Crippen LogP contribution in [0.3, 0.4) is 0 Å². The van der Waals surface area contributed by atoms with Gasteiger partial charge in [-0.2, -0.15) is 0 Å². The van der Waals surface area contributed by atoms with Crippen LogP contribution >= 0.6 is 11.6 Å². The van der Waals surface area contributed by atoms with E-state index in [9.17, 15) is 4.79 Å². The van der Waals surface area contributed by atoms with Gasteiger partial charge >= 0.3 is 0 Å². The molecule has 0 bridgehead atoms. The summed E-state index contributed by atoms with van der Waals surface area (Å²) in [6, 6.07) is 7.62. The predicted octanol–water partition coefficient (Wildman–Crippen LogP) is 3.54. The Morgan fingerprint density at radius 1 is 1.48 bits per heavy atom. The fourth-order valence-electron chi connectivity index (χ4n) is 2.90. The molecule has 1 fully saturated rings. The molecule has 1 unspecified atom stereocenters. The minimum absolute atomic E-state index is 0.0352. The number of carbonyl (C=O) groups is 1. The summed E-state index contributed by atoms with van der Waals surface area (Å²) in [6.45, 7) is 8.08. The number of halogens is 1. The fraction of sp³-hybridized carbons (Fsp3) is 0.588. The van der Waals surface area contributed by atoms with E-state index in [2.05, 4.69) is 10.6 Å². The Kier molecular flexibility index (Phi) is 5.28. The van der Waals surface area contributed by atoms with Crippen molar-refractivity contribution in [1.29, 1.82) is 0 Å². The van der Waals surface area contributed by atoms with Crippen molar-refractivity contribution in [3.63, 3.8) is 0 Å². The van der Waals surface area contributed by atoms with Crippen molar-refractivity contribution in [3.8, 4) is 0 Å². The smallest absolute Gasteiger partial charge is 0.226 e. The first-order valence-electron chi connectivity index (χ1n) is 7.68. The summed E-state index contributed by atoms with van der Waals surface area (Å²) in [7, 11) is 0. The van der Waals surface area contributed by atoms with Crippen LogP contribution in [0, 0.1) is 11.3 Å². The van der Waals surface area contributed by atoms with Crippen LogP contribution in [0.2, 0.25) is 5.02 Å². The zero-order valence-corrected chi connectivity index (χ0v) is 13.8. The van der Waals surface area contributed by atoms with E-state index in [0.717, 1.165) is 31.5 Å². The third-order valence-electron chi connectivity index (χ3n) is 4.60. The molecule has 3 nitrogen and oxygen atoms in total. The second kappa shape index (κ2) is 6.80. The van der Waals surface area contributed by atoms with Crippen LogP contribution in [-0.2, 0) is 4.79 Å². The van der Waals surface area contributed by atoms with Gasteiger partial charge in [-0.1, -0.05) is 37.6 Å². The summed E-state index contributed by atoms with van der Waals surface area (Å²) in [5.41, 5.74) is 0.675. The molecule has 1 aromatic rings. The van der Waals surface area contributed by atoms with Gasteiger partial charge in [0, 0.05) is 10.4 Å². The molecule has 1 heterocycles. The van der Waals surface area contributed by atoms with Crippen molar-refractivity contribution >= 4 is 17.5 Å². The predicted molar refractivity (Wildman–Crippen MR) is 87.4 cm³/mol. The van der Waals surface area contributed by atoms with Crippen LogP contribution in [0.25, 0.3) is 0 Å². The molecule has 2 atom stereocenters. The number of hydrogen-bond acceptors (Lipinski definition) is 2. The lowest BCUT2D eigenvalue weighted by Gasteiger charge is -2.36. The van der Waals surface area contributed by atoms with Gasteiger partial charge in [-0.15, -0.1) is 0 Å². The normalized spacial score (nSPS) is 20.9. The van der Waals surface area contributed by atoms with E-state index in [-0.39, 0.29) is 17.4 Å². The average Bonchev–Trinajstić information content (AvgIpc) is 2.48. The van der Waals surface area contributed by atoms with E-state index in [4.69, 9.17) is 11.6 Å². The van der Waals surface area contributed by atoms with Crippen molar-refractivity contribution in [2.75, 3.05) is 13.1 Å². The molecule has 4 heteroatoms. The third kappa shape index (κ3) is 3.98. The number of carbonyl (C=O) groups excluding carboxylic acids is 1. The van der Waals surface area contributed by atoms with Gasteiger partial charge in [0.05, 0.1) is 6.04 Å². The SMILES string of the molecule is C[C@@H](NC(=O)C(C)(C)C1CCCNC1)c1cccc(Cl)c1. The number of benzene rings is 1. The molecule has 0 aliphatic carbocycles. The van der Waals surface area contributed by atoms with Crippen LogP contribution < -0.4 is 10.6 Å². The van der Waals surface area contributed by atoms with E-state index in [1.54, 1.807) is 0 Å². The minimum atomic E-state index is -0.361. The van der Waals surface area contributed by atoms with Gasteiger partial charge in [0.1, 0.15) is 0 Å². The molecule has 0 spiro atoms. The summed E-state index contributed by atoms with van der Waals surface area (Å²) in [4.78, 5) is 12.7. The van der Waals surface area contributed by atoms with E-state index in [1.807, 2.05) is 45.0 Å². The largest absolute Gasteiger partial charge is 0.349 e. The topological polar surface area (TPSA) is 41.1 Å². The van der Waals surface area contributed by atoms with E-state index < -0.39 is 0 Å². The first-order valence-corrected chi connectivity index (χ1v) is 8.06. The Hall–Kier alpha value is -1.06. The van der Waals surface area contributed by atoms with Crippen molar-refractivity contribution in [3.05, 3.63) is 34.9 Å². The highest BCUT2D eigenvalue weighted by Crippen LogP contribution is 2.32. The molecule has 1 amide bonds. The molecule has 2 rings (SSSR count). The minimum Gasteiger partial charge on any atom is -0.349 e. The quantitative estimate of drug-likeness (QED) is 0.893. The maximum absolute atomic E-state index is 12.7. The first kappa shape index (κ1) is 16.3. The number of rotatable bonds is 4. The third-order valence-corrected chi connectivity index (χ3v) is 4.83. The highest BCUT2D eigenvalue weighted by Gasteiger charge is 2.37. The van der Waals surface area contributed by atoms with Gasteiger partial charge in [-0.05, 0) is 56.5 Å². The Balaban J connectivity index is 2.02. The molecule has 1 aliphatic heterocycles. The highest BCUT2D eigenvalue weighted by molar-refractivity contribution is 6.30. The van der Waals surface area contributed by atoms with Gasteiger partial charge in [0.25, 0.3) is 0 Å². The Bertz CT molecular complexity index is 495. The summed E-state index contributed by atoms with van der Waals surface area (Å²) in [5.74, 6) is 0.501. The van der Waals surface area contributed by atoms with Crippen molar-refractivity contribution in [1.82, 2.24) is 10.6 Å². The zero-order valence-electron chi connectivity index (χ0n) is 13.1. The highest BCUT2D eigenvalue weighted by atomic mass is 35.5. The van der Waals surface area contributed by atoms with E-state index in [1.165, 1.54) is 0 Å². The lowest BCUT2D eigenvalue weighted by atomic mass is 9.74. The Morgan fingerprint density at radius 2 is 2.24 bits per heavy atom. The molecule has 1 saturated heterocycles. The second-order valence-corrected chi connectivity index (χ2v) is 6.95. The fourth-order valence-corrected chi connectivity index (χ4v) is 3.09. The first-order chi connectivity index (χ1) is 9.91. The van der Waals surface area contributed by atoms with Gasteiger partial charge in [0.15, 0.2) is 0 Å². The van der Waals surface area contributed by atoms with Crippen molar-refractivity contribution in [2.45, 2.75) is 39.7 Å². The Morgan fingerprint density at radius 3 is 2.86 bits per heavy atom. The molecule has 2 N–H and O–H groups in total. The summed E-state index contributed by atoms with van der Waals surface area (Å²) >= 11 is 6.02. The molecular weight excluding hydrogens is 284 g/mol. The standard InChI is InChI=1S/C17H25ClN2O/c1-12(13-6-4-8-15(18)10-13)20-16(21)17(2,3)14-7-5-9-19-11-14/h4,6,8,10,12,14,19H,5,7,9,11H2,1-3H3,(H,20,21)/t12-,14?/m1/s1. The number of amides is 1. The number of nitrogens with one attached hydrogen (secondary N) is 2. The van der Waals surface area contributed by atoms with Crippen molar-refractivity contribution in [2.24, 2.45) is 11.3 Å². The van der Waals surface area contributed by atoms with Gasteiger partial charge in [-0.3, -0.25) is 4.79 Å². The molecule has 0 saturated carbocycles. The monoisotopic (exact) mass is 308 g/mol. The average molecular weight is 309 g/mol. The van der Waals surface area contributed by atoms with Crippen LogP contribution in [0.5, 0.6) is 0 Å². The number of piperidine rings is 1. The van der Waals surface area contributed by atoms with Gasteiger partial charge in [0.2, 0.25) is 5.91 Å². The summed E-state index contributed by atoms with van der Waals surface area (Å²) in [5, 5.41) is 7.22. The maximum atomic E-state index is 12.7. The van der Waals surface area contributed by atoms with E-state index >= 15 is 0 Å². The van der Waals surface area contributed by atoms with Crippen molar-refractivity contribution < 1.29 is 4.79 Å². The van der Waals surface area contributed by atoms with Crippen LogP contribution in [0.1, 0.15) is 45.2 Å². The number of hydrogen-bond donors (Lipinski definition) is 2. The van der Waals surface area contributed by atoms with Gasteiger partial charge < -0.3 is 10.6 Å². The van der Waals surface area contributed by atoms with Crippen LogP contribution in [0.15, 0.2) is 24.3 Å². The lowest BCUT2D eigenvalue weighted by molar-refractivity contribution is -0.133. The molecule has 21 heavy (non-hydrogen) atoms. The molecule has 1 aliphatic rings. The molecule has 116 valence electrons. The molecular formula is C17H25ClN2O. The summed E-state index contributed by atoms with van der Waals surface area (Å²) in [6.07, 6.45) is 2.25.